The summed E-state index contributed by atoms with van der Waals surface area (Å²) >= 11 is 3.30. The number of aliphatic hydroxyl groups excluding tert-OH is 1. The molecular formula is C17H17BrN4O4. The highest BCUT2D eigenvalue weighted by Gasteiger charge is 2.15. The number of nitrogens with one attached hydrogen (secondary N) is 2. The Labute approximate surface area is 157 Å². The fourth-order valence-electron chi connectivity index (χ4n) is 2.30. The molecule has 1 aromatic carbocycles. The first-order chi connectivity index (χ1) is 12.5. The molecule has 0 aliphatic carbocycles. The standard InChI is InChI=1S/C17H17BrN4O4/c1-26-15(24)9-20-13(3-2-6-23)12(8-19)16-21-14-5-4-10(18)7-11(14)17(25)22-16/h4-5,7,20,23H,2-3,6,9H2,1H3,(H,21,22,25)/b13-12-. The molecule has 1 heterocycles. The van der Waals surface area contributed by atoms with Crippen molar-refractivity contribution in [1.29, 1.82) is 5.26 Å². The predicted molar refractivity (Wildman–Crippen MR) is 98.9 cm³/mol. The molecule has 0 fully saturated rings. The summed E-state index contributed by atoms with van der Waals surface area (Å²) < 4.78 is 5.32. The first kappa shape index (κ1) is 19.6. The highest BCUT2D eigenvalue weighted by atomic mass is 79.9. The van der Waals surface area contributed by atoms with Gasteiger partial charge in [0.25, 0.3) is 5.56 Å². The second kappa shape index (κ2) is 9.12. The highest BCUT2D eigenvalue weighted by Crippen LogP contribution is 2.20. The molecule has 1 aromatic heterocycles. The van der Waals surface area contributed by atoms with Gasteiger partial charge >= 0.3 is 5.97 Å². The largest absolute Gasteiger partial charge is 0.468 e. The van der Waals surface area contributed by atoms with Crippen molar-refractivity contribution in [2.24, 2.45) is 0 Å². The number of ether oxygens (including phenoxy) is 1. The first-order valence-electron chi connectivity index (χ1n) is 7.75. The number of methoxy groups -OCH3 is 1. The van der Waals surface area contributed by atoms with E-state index in [0.717, 1.165) is 4.47 Å². The van der Waals surface area contributed by atoms with Crippen LogP contribution in [0.4, 0.5) is 0 Å². The van der Waals surface area contributed by atoms with Gasteiger partial charge in [0.05, 0.1) is 18.0 Å². The summed E-state index contributed by atoms with van der Waals surface area (Å²) in [6.07, 6.45) is 0.678. The lowest BCUT2D eigenvalue weighted by Crippen LogP contribution is -2.25. The van der Waals surface area contributed by atoms with Crippen LogP contribution in [-0.4, -0.2) is 41.3 Å². The maximum absolute atomic E-state index is 12.3. The van der Waals surface area contributed by atoms with Crippen molar-refractivity contribution in [2.45, 2.75) is 12.8 Å². The zero-order valence-corrected chi connectivity index (χ0v) is 15.6. The van der Waals surface area contributed by atoms with Gasteiger partial charge in [0, 0.05) is 16.8 Å². The Kier molecular flexibility index (Phi) is 6.89. The van der Waals surface area contributed by atoms with E-state index >= 15 is 0 Å². The summed E-state index contributed by atoms with van der Waals surface area (Å²) in [5, 5.41) is 21.9. The molecule has 0 atom stereocenters. The van der Waals surface area contributed by atoms with Crippen molar-refractivity contribution in [1.82, 2.24) is 15.3 Å². The molecule has 0 bridgehead atoms. The van der Waals surface area contributed by atoms with Gasteiger partial charge in [-0.25, -0.2) is 4.98 Å². The number of H-pyrrole nitrogens is 1. The van der Waals surface area contributed by atoms with Gasteiger partial charge in [0.2, 0.25) is 0 Å². The Hall–Kier alpha value is -2.70. The van der Waals surface area contributed by atoms with Gasteiger partial charge in [-0.15, -0.1) is 0 Å². The molecule has 0 radical (unpaired) electrons. The Morgan fingerprint density at radius 3 is 2.92 bits per heavy atom. The van der Waals surface area contributed by atoms with E-state index < -0.39 is 5.97 Å². The van der Waals surface area contributed by atoms with Crippen molar-refractivity contribution < 1.29 is 14.6 Å². The molecule has 26 heavy (non-hydrogen) atoms. The number of esters is 1. The van der Waals surface area contributed by atoms with E-state index in [1.807, 2.05) is 6.07 Å². The number of carbonyl (C=O) groups excluding carboxylic acids is 1. The number of aromatic nitrogens is 2. The minimum absolute atomic E-state index is 0.0855. The molecule has 0 spiro atoms. The number of rotatable bonds is 7. The summed E-state index contributed by atoms with van der Waals surface area (Å²) in [5.74, 6) is -0.411. The van der Waals surface area contributed by atoms with Crippen LogP contribution in [0.5, 0.6) is 0 Å². The number of allylic oxidation sites excluding steroid dienone is 2. The molecule has 136 valence electrons. The van der Waals surface area contributed by atoms with Gasteiger partial charge < -0.3 is 20.1 Å². The van der Waals surface area contributed by atoms with Gasteiger partial charge in [0.15, 0.2) is 5.82 Å². The third-order valence-corrected chi connectivity index (χ3v) is 4.07. The smallest absolute Gasteiger partial charge is 0.325 e. The zero-order chi connectivity index (χ0) is 19.1. The number of carbonyl (C=O) groups is 1. The number of fused-ring (bicyclic) bond motifs is 1. The predicted octanol–water partition coefficient (Wildman–Crippen LogP) is 1.46. The van der Waals surface area contributed by atoms with Crippen molar-refractivity contribution >= 4 is 38.4 Å². The summed E-state index contributed by atoms with van der Waals surface area (Å²) in [6, 6.07) is 7.07. The van der Waals surface area contributed by atoms with Crippen LogP contribution in [0.25, 0.3) is 16.5 Å². The number of benzene rings is 1. The fraction of sp³-hybridized carbons (Fsp3) is 0.294. The average molecular weight is 421 g/mol. The van der Waals surface area contributed by atoms with Crippen LogP contribution in [0.3, 0.4) is 0 Å². The van der Waals surface area contributed by atoms with E-state index in [1.54, 1.807) is 18.2 Å². The second-order valence-corrected chi connectivity index (χ2v) is 6.21. The molecule has 0 saturated heterocycles. The lowest BCUT2D eigenvalue weighted by Gasteiger charge is -2.12. The van der Waals surface area contributed by atoms with Gasteiger partial charge in [0.1, 0.15) is 18.2 Å². The first-order valence-corrected chi connectivity index (χ1v) is 8.54. The molecule has 0 amide bonds. The van der Waals surface area contributed by atoms with Crippen molar-refractivity contribution in [2.75, 3.05) is 20.3 Å². The monoisotopic (exact) mass is 420 g/mol. The lowest BCUT2D eigenvalue weighted by molar-refractivity contribution is -0.139. The van der Waals surface area contributed by atoms with Crippen LogP contribution in [-0.2, 0) is 9.53 Å². The van der Waals surface area contributed by atoms with E-state index in [1.165, 1.54) is 7.11 Å². The highest BCUT2D eigenvalue weighted by molar-refractivity contribution is 9.10. The Morgan fingerprint density at radius 2 is 2.27 bits per heavy atom. The maximum atomic E-state index is 12.3. The van der Waals surface area contributed by atoms with E-state index in [2.05, 4.69) is 36.0 Å². The van der Waals surface area contributed by atoms with Crippen LogP contribution in [0.2, 0.25) is 0 Å². The summed E-state index contributed by atoms with van der Waals surface area (Å²) in [4.78, 5) is 30.7. The minimum atomic E-state index is -0.506. The van der Waals surface area contributed by atoms with Crippen molar-refractivity contribution in [3.63, 3.8) is 0 Å². The Morgan fingerprint density at radius 1 is 1.50 bits per heavy atom. The fourth-order valence-corrected chi connectivity index (χ4v) is 2.66. The molecule has 0 unspecified atom stereocenters. The molecule has 2 aromatic rings. The van der Waals surface area contributed by atoms with Gasteiger partial charge in [-0.2, -0.15) is 5.26 Å². The Balaban J connectivity index is 2.53. The average Bonchev–Trinajstić information content (AvgIpc) is 2.64. The van der Waals surface area contributed by atoms with Crippen molar-refractivity contribution in [3.05, 3.63) is 44.5 Å². The summed E-state index contributed by atoms with van der Waals surface area (Å²) in [6.45, 7) is -0.231. The normalized spacial score (nSPS) is 11.6. The molecular weight excluding hydrogens is 404 g/mol. The maximum Gasteiger partial charge on any atom is 0.325 e. The zero-order valence-electron chi connectivity index (χ0n) is 14.0. The summed E-state index contributed by atoms with van der Waals surface area (Å²) in [7, 11) is 1.26. The summed E-state index contributed by atoms with van der Waals surface area (Å²) in [5.41, 5.74) is 0.554. The van der Waals surface area contributed by atoms with Crippen LogP contribution in [0, 0.1) is 11.3 Å². The van der Waals surface area contributed by atoms with Crippen LogP contribution >= 0.6 is 15.9 Å². The van der Waals surface area contributed by atoms with E-state index in [4.69, 9.17) is 5.11 Å². The number of halogens is 1. The van der Waals surface area contributed by atoms with E-state index in [0.29, 0.717) is 29.4 Å². The van der Waals surface area contributed by atoms with Gasteiger partial charge in [-0.05, 0) is 31.0 Å². The number of hydrogen-bond acceptors (Lipinski definition) is 7. The third-order valence-electron chi connectivity index (χ3n) is 3.58. The second-order valence-electron chi connectivity index (χ2n) is 5.30. The molecule has 8 nitrogen and oxygen atoms in total. The van der Waals surface area contributed by atoms with Gasteiger partial charge in [-0.3, -0.25) is 9.59 Å². The van der Waals surface area contributed by atoms with Crippen LogP contribution in [0.15, 0.2) is 33.2 Å². The van der Waals surface area contributed by atoms with E-state index in [9.17, 15) is 14.9 Å². The minimum Gasteiger partial charge on any atom is -0.468 e. The van der Waals surface area contributed by atoms with Crippen LogP contribution < -0.4 is 10.9 Å². The number of nitrogens with zero attached hydrogens (tertiary/aromatic N) is 2. The quantitative estimate of drug-likeness (QED) is 0.456. The van der Waals surface area contributed by atoms with Crippen LogP contribution in [0.1, 0.15) is 18.7 Å². The molecule has 2 rings (SSSR count). The third kappa shape index (κ3) is 4.68. The SMILES string of the molecule is COC(=O)CN/C(CCCO)=C(/C#N)c1nc2ccc(Br)cc2c(=O)[nH]1. The molecule has 0 aliphatic rings. The Bertz CT molecular complexity index is 946. The lowest BCUT2D eigenvalue weighted by atomic mass is 10.1. The molecule has 9 heteroatoms. The van der Waals surface area contributed by atoms with E-state index in [-0.39, 0.29) is 30.1 Å². The molecule has 3 N–H and O–H groups in total. The topological polar surface area (TPSA) is 128 Å². The molecule has 0 saturated carbocycles. The molecule has 0 aliphatic heterocycles. The number of aromatic amines is 1. The number of hydrogen-bond donors (Lipinski definition) is 3. The van der Waals surface area contributed by atoms with Crippen molar-refractivity contribution in [3.8, 4) is 6.07 Å². The number of nitriles is 1. The number of aliphatic hydroxyl groups is 1. The van der Waals surface area contributed by atoms with Gasteiger partial charge in [-0.1, -0.05) is 15.9 Å².